The number of aliphatic hydroxyl groups excluding tert-OH is 1. The van der Waals surface area contributed by atoms with Crippen molar-refractivity contribution in [1.82, 2.24) is 0 Å². The first kappa shape index (κ1) is 54.8. The largest absolute Gasteiger partial charge is 0.462 e. The number of unbranched alkanes of at least 4 members (excludes halogenated alkanes) is 7. The fourth-order valence-corrected chi connectivity index (χ4v) is 5.47. The first-order valence-corrected chi connectivity index (χ1v) is 22.9. The van der Waals surface area contributed by atoms with E-state index in [9.17, 15) is 14.7 Å². The maximum absolute atomic E-state index is 12.1. The van der Waals surface area contributed by atoms with E-state index >= 15 is 0 Å². The summed E-state index contributed by atoms with van der Waals surface area (Å²) in [6, 6.07) is 0. The summed E-state index contributed by atoms with van der Waals surface area (Å²) >= 11 is 0. The highest BCUT2D eigenvalue weighted by Gasteiger charge is 2.16. The molecule has 0 amide bonds. The summed E-state index contributed by atoms with van der Waals surface area (Å²) in [4.78, 5) is 24.0. The first-order valence-electron chi connectivity index (χ1n) is 22.9. The maximum atomic E-state index is 12.1. The van der Waals surface area contributed by atoms with E-state index in [4.69, 9.17) is 9.47 Å². The maximum Gasteiger partial charge on any atom is 0.306 e. The van der Waals surface area contributed by atoms with Crippen molar-refractivity contribution >= 4 is 11.9 Å². The van der Waals surface area contributed by atoms with Crippen LogP contribution in [-0.4, -0.2) is 36.4 Å². The SMILES string of the molecule is CC/C=C\C/C=C\C/C=C\C/C=C\C/C=C\C/C=C\C/C=C\C/C=C\C/C=C\C/C=C\C/C=C\C/C=C\CCCCC(=O)OC(CO)COC(=O)CCCCCCCC. The Bertz CT molecular complexity index is 1330. The van der Waals surface area contributed by atoms with Crippen LogP contribution in [0.3, 0.4) is 0 Å². The summed E-state index contributed by atoms with van der Waals surface area (Å²) < 4.78 is 10.5. The first-order chi connectivity index (χ1) is 29.1. The fraction of sp³-hybridized carbons (Fsp3) is 0.519. The topological polar surface area (TPSA) is 72.8 Å². The molecule has 0 fully saturated rings. The van der Waals surface area contributed by atoms with Gasteiger partial charge in [-0.3, -0.25) is 9.59 Å². The van der Waals surface area contributed by atoms with E-state index in [0.29, 0.717) is 19.3 Å². The molecule has 0 aromatic rings. The van der Waals surface area contributed by atoms with E-state index in [2.05, 4.69) is 160 Å². The van der Waals surface area contributed by atoms with Crippen LogP contribution < -0.4 is 0 Å². The van der Waals surface area contributed by atoms with Crippen LogP contribution in [0.4, 0.5) is 0 Å². The second kappa shape index (κ2) is 48.2. The molecule has 0 aromatic carbocycles. The molecule has 0 saturated heterocycles. The Morgan fingerprint density at radius 3 is 1.10 bits per heavy atom. The molecule has 0 aromatic heterocycles. The van der Waals surface area contributed by atoms with Crippen molar-refractivity contribution in [3.63, 3.8) is 0 Å². The summed E-state index contributed by atoms with van der Waals surface area (Å²) in [6.45, 7) is 3.89. The van der Waals surface area contributed by atoms with Crippen molar-refractivity contribution < 1.29 is 24.2 Å². The molecule has 0 spiro atoms. The number of ether oxygens (including phenoxy) is 2. The lowest BCUT2D eigenvalue weighted by atomic mass is 10.1. The van der Waals surface area contributed by atoms with Gasteiger partial charge in [0.15, 0.2) is 6.10 Å². The van der Waals surface area contributed by atoms with Gasteiger partial charge in [0.25, 0.3) is 0 Å². The number of hydrogen-bond acceptors (Lipinski definition) is 5. The van der Waals surface area contributed by atoms with Crippen molar-refractivity contribution in [3.8, 4) is 0 Å². The van der Waals surface area contributed by atoms with Gasteiger partial charge in [-0.1, -0.05) is 192 Å². The van der Waals surface area contributed by atoms with Crippen LogP contribution in [0.15, 0.2) is 146 Å². The van der Waals surface area contributed by atoms with Gasteiger partial charge in [-0.05, 0) is 103 Å². The quantitative estimate of drug-likeness (QED) is 0.0380. The van der Waals surface area contributed by atoms with Crippen LogP contribution in [0.5, 0.6) is 0 Å². The molecular weight excluding hydrogens is 729 g/mol. The molecule has 0 aliphatic carbocycles. The van der Waals surface area contributed by atoms with Crippen molar-refractivity contribution in [2.75, 3.05) is 13.2 Å². The van der Waals surface area contributed by atoms with Gasteiger partial charge in [0.1, 0.15) is 6.61 Å². The molecule has 59 heavy (non-hydrogen) atoms. The van der Waals surface area contributed by atoms with Gasteiger partial charge in [0.2, 0.25) is 0 Å². The number of hydrogen-bond donors (Lipinski definition) is 1. The molecule has 5 heteroatoms. The van der Waals surface area contributed by atoms with E-state index in [-0.39, 0.29) is 25.2 Å². The van der Waals surface area contributed by atoms with Crippen molar-refractivity contribution in [3.05, 3.63) is 146 Å². The van der Waals surface area contributed by atoms with Gasteiger partial charge >= 0.3 is 11.9 Å². The summed E-state index contributed by atoms with van der Waals surface area (Å²) in [7, 11) is 0. The molecule has 1 N–H and O–H groups in total. The molecule has 0 rings (SSSR count). The molecule has 0 radical (unpaired) electrons. The highest BCUT2D eigenvalue weighted by Crippen LogP contribution is 2.09. The molecule has 1 atom stereocenters. The summed E-state index contributed by atoms with van der Waals surface area (Å²) in [5.41, 5.74) is 0. The number of carbonyl (C=O) groups is 2. The van der Waals surface area contributed by atoms with Crippen LogP contribution in [0.25, 0.3) is 0 Å². The van der Waals surface area contributed by atoms with Crippen LogP contribution in [-0.2, 0) is 19.1 Å². The Morgan fingerprint density at radius 1 is 0.407 bits per heavy atom. The van der Waals surface area contributed by atoms with Crippen molar-refractivity contribution in [1.29, 1.82) is 0 Å². The predicted octanol–water partition coefficient (Wildman–Crippen LogP) is 15.1. The van der Waals surface area contributed by atoms with Gasteiger partial charge in [0, 0.05) is 12.8 Å². The van der Waals surface area contributed by atoms with E-state index < -0.39 is 6.10 Å². The van der Waals surface area contributed by atoms with Crippen LogP contribution >= 0.6 is 0 Å². The molecule has 0 saturated carbocycles. The fourth-order valence-electron chi connectivity index (χ4n) is 5.47. The van der Waals surface area contributed by atoms with E-state index in [1.807, 2.05) is 0 Å². The monoisotopic (exact) mass is 811 g/mol. The van der Waals surface area contributed by atoms with E-state index in [1.54, 1.807) is 0 Å². The van der Waals surface area contributed by atoms with Crippen LogP contribution in [0, 0.1) is 0 Å². The Labute approximate surface area is 361 Å². The van der Waals surface area contributed by atoms with Gasteiger partial charge in [-0.2, -0.15) is 0 Å². The smallest absolute Gasteiger partial charge is 0.306 e. The third kappa shape index (κ3) is 46.3. The Hall–Kier alpha value is -4.22. The number of rotatable bonds is 39. The van der Waals surface area contributed by atoms with Gasteiger partial charge in [-0.25, -0.2) is 0 Å². The zero-order chi connectivity index (χ0) is 42.8. The molecule has 1 unspecified atom stereocenters. The number of esters is 2. The summed E-state index contributed by atoms with van der Waals surface area (Å²) in [6.07, 6.45) is 73.9. The second-order valence-corrected chi connectivity index (χ2v) is 14.4. The molecule has 0 aliphatic heterocycles. The zero-order valence-corrected chi connectivity index (χ0v) is 37.2. The lowest BCUT2D eigenvalue weighted by molar-refractivity contribution is -0.161. The molecule has 0 bridgehead atoms. The second-order valence-electron chi connectivity index (χ2n) is 14.4. The average Bonchev–Trinajstić information content (AvgIpc) is 3.24. The highest BCUT2D eigenvalue weighted by molar-refractivity contribution is 5.70. The Morgan fingerprint density at radius 2 is 0.729 bits per heavy atom. The van der Waals surface area contributed by atoms with Crippen LogP contribution in [0.2, 0.25) is 0 Å². The van der Waals surface area contributed by atoms with Gasteiger partial charge in [0.05, 0.1) is 6.61 Å². The van der Waals surface area contributed by atoms with Crippen molar-refractivity contribution in [2.24, 2.45) is 0 Å². The molecule has 0 heterocycles. The Kier molecular flexibility index (Phi) is 44.7. The minimum Gasteiger partial charge on any atom is -0.462 e. The number of aliphatic hydroxyl groups is 1. The van der Waals surface area contributed by atoms with Crippen LogP contribution in [0.1, 0.15) is 162 Å². The Balaban J connectivity index is 3.72. The van der Waals surface area contributed by atoms with E-state index in [0.717, 1.165) is 109 Å². The third-order valence-corrected chi connectivity index (χ3v) is 8.90. The summed E-state index contributed by atoms with van der Waals surface area (Å²) in [5, 5.41) is 9.49. The van der Waals surface area contributed by atoms with Gasteiger partial charge < -0.3 is 14.6 Å². The minimum absolute atomic E-state index is 0.0926. The van der Waals surface area contributed by atoms with E-state index in [1.165, 1.54) is 19.3 Å². The molecule has 0 aliphatic rings. The number of carbonyl (C=O) groups excluding carboxylic acids is 2. The third-order valence-electron chi connectivity index (χ3n) is 8.90. The standard InChI is InChI=1S/C54H82O5/c1-3-5-7-9-11-12-13-14-15-16-17-18-19-20-21-22-23-24-25-26-27-28-29-30-31-32-33-34-35-36-37-38-39-40-41-42-43-45-47-49-54(57)59-52(50-55)51-58-53(56)48-46-44-10-8-6-4-2/h5,7,11-12,14-15,17-18,20-21,23-24,26-27,29-30,32-33,35-36,38-39,41-42,52,55H,3-4,6,8-10,13,16,19,22,25,28,31,34,37,40,43-51H2,1-2H3/b7-5-,12-11-,15-14-,18-17-,21-20-,24-23-,27-26-,30-29-,33-32-,36-35-,39-38-,42-41-. The number of allylic oxidation sites excluding steroid dienone is 24. The van der Waals surface area contributed by atoms with Crippen molar-refractivity contribution in [2.45, 2.75) is 168 Å². The lowest BCUT2D eigenvalue weighted by Crippen LogP contribution is -2.28. The normalized spacial score (nSPS) is 13.6. The average molecular weight is 811 g/mol. The summed E-state index contributed by atoms with van der Waals surface area (Å²) in [5.74, 6) is -0.667. The molecular formula is C54H82O5. The lowest BCUT2D eigenvalue weighted by Gasteiger charge is -2.15. The molecule has 328 valence electrons. The highest BCUT2D eigenvalue weighted by atomic mass is 16.6. The minimum atomic E-state index is -0.800. The molecule has 5 nitrogen and oxygen atoms in total. The zero-order valence-electron chi connectivity index (χ0n) is 37.2. The predicted molar refractivity (Wildman–Crippen MR) is 255 cm³/mol. The van der Waals surface area contributed by atoms with Gasteiger partial charge in [-0.15, -0.1) is 0 Å².